The Kier molecular flexibility index (Phi) is 3.49. The van der Waals surface area contributed by atoms with Crippen molar-refractivity contribution in [2.45, 2.75) is 20.0 Å². The van der Waals surface area contributed by atoms with Crippen LogP contribution in [0.3, 0.4) is 0 Å². The van der Waals surface area contributed by atoms with Crippen LogP contribution in [-0.4, -0.2) is 16.8 Å². The summed E-state index contributed by atoms with van der Waals surface area (Å²) in [5, 5.41) is 6.22. The molecule has 6 heteroatoms. The molecule has 0 radical (unpaired) electrons. The van der Waals surface area contributed by atoms with Gasteiger partial charge in [-0.1, -0.05) is 13.8 Å². The van der Waals surface area contributed by atoms with Crippen LogP contribution in [0.5, 0.6) is 5.75 Å². The van der Waals surface area contributed by atoms with Gasteiger partial charge in [0.1, 0.15) is 5.75 Å². The smallest absolute Gasteiger partial charge is 0.435 e. The van der Waals surface area contributed by atoms with Crippen LogP contribution in [0.15, 0.2) is 12.3 Å². The van der Waals surface area contributed by atoms with Crippen LogP contribution < -0.4 is 4.74 Å². The minimum Gasteiger partial charge on any atom is -0.492 e. The number of halogens is 3. The molecule has 0 saturated heterocycles. The van der Waals surface area contributed by atoms with Gasteiger partial charge in [-0.25, -0.2) is 0 Å². The Bertz CT molecular complexity index is 325. The van der Waals surface area contributed by atoms with Gasteiger partial charge in [-0.05, 0) is 5.92 Å². The molecule has 0 aliphatic rings. The van der Waals surface area contributed by atoms with Gasteiger partial charge in [-0.2, -0.15) is 18.3 Å². The molecule has 0 atom stereocenters. The van der Waals surface area contributed by atoms with Gasteiger partial charge >= 0.3 is 6.18 Å². The first kappa shape index (κ1) is 11.7. The van der Waals surface area contributed by atoms with Crippen LogP contribution in [0, 0.1) is 5.92 Å². The Labute approximate surface area is 85.3 Å². The Morgan fingerprint density at radius 1 is 1.40 bits per heavy atom. The zero-order chi connectivity index (χ0) is 11.5. The Morgan fingerprint density at radius 3 is 2.60 bits per heavy atom. The third-order valence-corrected chi connectivity index (χ3v) is 1.50. The van der Waals surface area contributed by atoms with Crippen molar-refractivity contribution in [1.82, 2.24) is 10.2 Å². The fourth-order valence-electron chi connectivity index (χ4n) is 0.829. The molecule has 0 spiro atoms. The predicted molar refractivity (Wildman–Crippen MR) is 47.4 cm³/mol. The lowest BCUT2D eigenvalue weighted by atomic mass is 10.2. The average molecular weight is 220 g/mol. The minimum absolute atomic E-state index is 0.0889. The third kappa shape index (κ3) is 3.73. The lowest BCUT2D eigenvalue weighted by Gasteiger charge is -2.09. The van der Waals surface area contributed by atoms with Crippen LogP contribution in [-0.2, 0) is 6.18 Å². The highest BCUT2D eigenvalue weighted by molar-refractivity contribution is 5.20. The number of nitrogens with zero attached hydrogens (tertiary/aromatic N) is 2. The standard InChI is InChI=1S/C9H11F3N2O/c1-6(2)5-15-7-3-8(9(10,11)12)14-13-4-7/h3-4,6H,5H2,1-2H3. The molecule has 0 bridgehead atoms. The maximum Gasteiger partial charge on any atom is 0.435 e. The summed E-state index contributed by atoms with van der Waals surface area (Å²) < 4.78 is 41.7. The normalized spacial score (nSPS) is 11.9. The van der Waals surface area contributed by atoms with E-state index in [0.717, 1.165) is 12.3 Å². The first-order valence-corrected chi connectivity index (χ1v) is 4.42. The maximum absolute atomic E-state index is 12.2. The Morgan fingerprint density at radius 2 is 2.07 bits per heavy atom. The average Bonchev–Trinajstić information content (AvgIpc) is 2.14. The second kappa shape index (κ2) is 4.46. The van der Waals surface area contributed by atoms with Gasteiger partial charge in [0.05, 0.1) is 12.8 Å². The third-order valence-electron chi connectivity index (χ3n) is 1.50. The molecule has 1 rings (SSSR count). The van der Waals surface area contributed by atoms with E-state index in [4.69, 9.17) is 4.74 Å². The molecule has 0 aromatic carbocycles. The summed E-state index contributed by atoms with van der Waals surface area (Å²) >= 11 is 0. The molecule has 0 aliphatic carbocycles. The number of ether oxygens (including phenoxy) is 1. The van der Waals surface area contributed by atoms with Crippen molar-refractivity contribution in [3.05, 3.63) is 18.0 Å². The summed E-state index contributed by atoms with van der Waals surface area (Å²) in [6, 6.07) is 0.843. The summed E-state index contributed by atoms with van der Waals surface area (Å²) in [5.74, 6) is 0.332. The molecular weight excluding hydrogens is 209 g/mol. The maximum atomic E-state index is 12.2. The van der Waals surface area contributed by atoms with Gasteiger partial charge < -0.3 is 4.74 Å². The van der Waals surface area contributed by atoms with E-state index in [1.54, 1.807) is 0 Å². The Hall–Kier alpha value is -1.33. The van der Waals surface area contributed by atoms with E-state index in [2.05, 4.69) is 10.2 Å². The molecule has 15 heavy (non-hydrogen) atoms. The van der Waals surface area contributed by atoms with Crippen LogP contribution in [0.4, 0.5) is 13.2 Å². The number of aromatic nitrogens is 2. The molecular formula is C9H11F3N2O. The van der Waals surface area contributed by atoms with E-state index in [-0.39, 0.29) is 11.7 Å². The summed E-state index contributed by atoms with van der Waals surface area (Å²) in [5.41, 5.74) is -1.04. The van der Waals surface area contributed by atoms with Gasteiger partial charge in [0.2, 0.25) is 0 Å². The fraction of sp³-hybridized carbons (Fsp3) is 0.556. The van der Waals surface area contributed by atoms with Gasteiger partial charge in [-0.3, -0.25) is 0 Å². The SMILES string of the molecule is CC(C)COc1cnnc(C(F)(F)F)c1. The first-order valence-electron chi connectivity index (χ1n) is 4.42. The molecule has 0 saturated carbocycles. The molecule has 0 N–H and O–H groups in total. The largest absolute Gasteiger partial charge is 0.492 e. The molecule has 0 unspecified atom stereocenters. The van der Waals surface area contributed by atoms with E-state index in [9.17, 15) is 13.2 Å². The molecule has 3 nitrogen and oxygen atoms in total. The summed E-state index contributed by atoms with van der Waals surface area (Å²) in [6.07, 6.45) is -3.32. The van der Waals surface area contributed by atoms with Crippen molar-refractivity contribution >= 4 is 0 Å². The number of hydrogen-bond acceptors (Lipinski definition) is 3. The lowest BCUT2D eigenvalue weighted by Crippen LogP contribution is -2.10. The van der Waals surface area contributed by atoms with Crippen molar-refractivity contribution < 1.29 is 17.9 Å². The van der Waals surface area contributed by atoms with Crippen molar-refractivity contribution in [2.24, 2.45) is 5.92 Å². The highest BCUT2D eigenvalue weighted by Crippen LogP contribution is 2.28. The van der Waals surface area contributed by atoms with Crippen LogP contribution in [0.2, 0.25) is 0 Å². The Balaban J connectivity index is 2.75. The second-order valence-electron chi connectivity index (χ2n) is 3.48. The van der Waals surface area contributed by atoms with E-state index in [0.29, 0.717) is 6.61 Å². The van der Waals surface area contributed by atoms with Crippen molar-refractivity contribution in [2.75, 3.05) is 6.61 Å². The van der Waals surface area contributed by atoms with Crippen molar-refractivity contribution in [1.29, 1.82) is 0 Å². The van der Waals surface area contributed by atoms with Gasteiger partial charge in [0, 0.05) is 6.07 Å². The van der Waals surface area contributed by atoms with E-state index in [1.165, 1.54) is 0 Å². The summed E-state index contributed by atoms with van der Waals surface area (Å²) in [6.45, 7) is 4.15. The lowest BCUT2D eigenvalue weighted by molar-refractivity contribution is -0.141. The molecule has 1 aromatic heterocycles. The van der Waals surface area contributed by atoms with Gasteiger partial charge in [0.15, 0.2) is 5.69 Å². The molecule has 0 fully saturated rings. The quantitative estimate of drug-likeness (QED) is 0.785. The van der Waals surface area contributed by atoms with E-state index >= 15 is 0 Å². The van der Waals surface area contributed by atoms with E-state index in [1.807, 2.05) is 13.8 Å². The van der Waals surface area contributed by atoms with E-state index < -0.39 is 11.9 Å². The zero-order valence-electron chi connectivity index (χ0n) is 8.38. The van der Waals surface area contributed by atoms with Crippen molar-refractivity contribution in [3.63, 3.8) is 0 Å². The molecule has 1 heterocycles. The highest BCUT2D eigenvalue weighted by Gasteiger charge is 2.33. The summed E-state index contributed by atoms with van der Waals surface area (Å²) in [4.78, 5) is 0. The molecule has 1 aromatic rings. The predicted octanol–water partition coefficient (Wildman–Crippen LogP) is 2.53. The zero-order valence-corrected chi connectivity index (χ0v) is 8.38. The minimum atomic E-state index is -4.48. The van der Waals surface area contributed by atoms with Crippen LogP contribution >= 0.6 is 0 Å². The van der Waals surface area contributed by atoms with Gasteiger partial charge in [-0.15, -0.1) is 5.10 Å². The fourth-order valence-corrected chi connectivity index (χ4v) is 0.829. The molecule has 0 aliphatic heterocycles. The van der Waals surface area contributed by atoms with Gasteiger partial charge in [0.25, 0.3) is 0 Å². The summed E-state index contributed by atoms with van der Waals surface area (Å²) in [7, 11) is 0. The number of rotatable bonds is 3. The first-order chi connectivity index (χ1) is 6.89. The monoisotopic (exact) mass is 220 g/mol. The molecule has 84 valence electrons. The van der Waals surface area contributed by atoms with Crippen LogP contribution in [0.1, 0.15) is 19.5 Å². The topological polar surface area (TPSA) is 35.0 Å². The van der Waals surface area contributed by atoms with Crippen molar-refractivity contribution in [3.8, 4) is 5.75 Å². The second-order valence-corrected chi connectivity index (χ2v) is 3.48. The number of alkyl halides is 3. The highest BCUT2D eigenvalue weighted by atomic mass is 19.4. The van der Waals surface area contributed by atoms with Crippen LogP contribution in [0.25, 0.3) is 0 Å². The number of hydrogen-bond donors (Lipinski definition) is 0. The molecule has 0 amide bonds.